The molecule has 1 aromatic rings. The molecule has 0 saturated heterocycles. The number of para-hydroxylation sites is 1. The number of aliphatic hydroxyl groups is 1. The van der Waals surface area contributed by atoms with E-state index in [0.29, 0.717) is 6.61 Å². The first-order valence-corrected chi connectivity index (χ1v) is 5.63. The average molecular weight is 223 g/mol. The van der Waals surface area contributed by atoms with Crippen molar-refractivity contribution in [3.05, 3.63) is 30.3 Å². The van der Waals surface area contributed by atoms with E-state index in [1.807, 2.05) is 44.2 Å². The number of aliphatic hydroxyl groups excluding tert-OH is 1. The van der Waals surface area contributed by atoms with Crippen LogP contribution in [0.25, 0.3) is 0 Å². The van der Waals surface area contributed by atoms with Crippen molar-refractivity contribution in [2.45, 2.75) is 13.8 Å². The summed E-state index contributed by atoms with van der Waals surface area (Å²) in [5, 5.41) is 12.3. The van der Waals surface area contributed by atoms with Crippen LogP contribution in [-0.4, -0.2) is 31.4 Å². The number of hydrogen-bond acceptors (Lipinski definition) is 3. The van der Waals surface area contributed by atoms with E-state index < -0.39 is 0 Å². The molecule has 0 amide bonds. The molecule has 0 fully saturated rings. The van der Waals surface area contributed by atoms with Crippen LogP contribution in [0.5, 0.6) is 5.75 Å². The second-order valence-electron chi connectivity index (χ2n) is 4.66. The molecule has 3 heteroatoms. The van der Waals surface area contributed by atoms with Gasteiger partial charge in [0.15, 0.2) is 0 Å². The third-order valence-corrected chi connectivity index (χ3v) is 2.32. The van der Waals surface area contributed by atoms with Gasteiger partial charge in [0.1, 0.15) is 12.4 Å². The number of nitrogens with one attached hydrogen (secondary N) is 1. The van der Waals surface area contributed by atoms with Gasteiger partial charge in [0.2, 0.25) is 0 Å². The van der Waals surface area contributed by atoms with Gasteiger partial charge in [-0.15, -0.1) is 0 Å². The van der Waals surface area contributed by atoms with Crippen molar-refractivity contribution < 1.29 is 9.84 Å². The Balaban J connectivity index is 2.09. The highest BCUT2D eigenvalue weighted by atomic mass is 16.5. The molecule has 0 unspecified atom stereocenters. The van der Waals surface area contributed by atoms with Gasteiger partial charge in [0.25, 0.3) is 0 Å². The summed E-state index contributed by atoms with van der Waals surface area (Å²) in [7, 11) is 0. The summed E-state index contributed by atoms with van der Waals surface area (Å²) in [6.07, 6.45) is 0. The van der Waals surface area contributed by atoms with Gasteiger partial charge >= 0.3 is 0 Å². The van der Waals surface area contributed by atoms with Crippen molar-refractivity contribution in [2.75, 3.05) is 26.3 Å². The third kappa shape index (κ3) is 5.14. The maximum Gasteiger partial charge on any atom is 0.119 e. The second kappa shape index (κ2) is 6.51. The van der Waals surface area contributed by atoms with E-state index in [9.17, 15) is 0 Å². The first kappa shape index (κ1) is 13.0. The molecule has 0 spiro atoms. The lowest BCUT2D eigenvalue weighted by atomic mass is 9.95. The summed E-state index contributed by atoms with van der Waals surface area (Å²) in [6.45, 7) is 6.47. The zero-order valence-electron chi connectivity index (χ0n) is 10.1. The van der Waals surface area contributed by atoms with Crippen molar-refractivity contribution in [3.63, 3.8) is 0 Å². The van der Waals surface area contributed by atoms with Gasteiger partial charge in [-0.1, -0.05) is 32.0 Å². The highest BCUT2D eigenvalue weighted by molar-refractivity contribution is 5.20. The molecule has 16 heavy (non-hydrogen) atoms. The molecule has 0 aliphatic rings. The molecule has 0 bridgehead atoms. The fraction of sp³-hybridized carbons (Fsp3) is 0.538. The smallest absolute Gasteiger partial charge is 0.119 e. The van der Waals surface area contributed by atoms with Gasteiger partial charge < -0.3 is 15.2 Å². The maximum absolute atomic E-state index is 9.06. The Morgan fingerprint density at radius 2 is 1.94 bits per heavy atom. The van der Waals surface area contributed by atoms with E-state index in [1.165, 1.54) is 0 Å². The van der Waals surface area contributed by atoms with E-state index in [0.717, 1.165) is 18.8 Å². The van der Waals surface area contributed by atoms with Crippen LogP contribution in [0, 0.1) is 5.41 Å². The van der Waals surface area contributed by atoms with Gasteiger partial charge in [-0.25, -0.2) is 0 Å². The van der Waals surface area contributed by atoms with Crippen LogP contribution in [0.3, 0.4) is 0 Å². The zero-order chi connectivity index (χ0) is 11.9. The molecule has 1 rings (SSSR count). The number of rotatable bonds is 7. The minimum Gasteiger partial charge on any atom is -0.492 e. The molecule has 0 radical (unpaired) electrons. The largest absolute Gasteiger partial charge is 0.492 e. The van der Waals surface area contributed by atoms with E-state index in [4.69, 9.17) is 9.84 Å². The van der Waals surface area contributed by atoms with Crippen LogP contribution < -0.4 is 10.1 Å². The summed E-state index contributed by atoms with van der Waals surface area (Å²) in [5.41, 5.74) is -0.0628. The first-order chi connectivity index (χ1) is 7.64. The third-order valence-electron chi connectivity index (χ3n) is 2.32. The Kier molecular flexibility index (Phi) is 5.29. The van der Waals surface area contributed by atoms with Crippen molar-refractivity contribution in [1.29, 1.82) is 0 Å². The molecule has 0 aromatic heterocycles. The Labute approximate surface area is 97.4 Å². The molecule has 90 valence electrons. The van der Waals surface area contributed by atoms with E-state index in [1.54, 1.807) is 0 Å². The average Bonchev–Trinajstić information content (AvgIpc) is 2.30. The van der Waals surface area contributed by atoms with Crippen LogP contribution in [-0.2, 0) is 0 Å². The van der Waals surface area contributed by atoms with Gasteiger partial charge in [0, 0.05) is 25.1 Å². The normalized spacial score (nSPS) is 11.4. The SMILES string of the molecule is CC(C)(CO)CNCCOc1ccccc1. The van der Waals surface area contributed by atoms with Gasteiger partial charge in [-0.05, 0) is 12.1 Å². The molecule has 0 heterocycles. The zero-order valence-corrected chi connectivity index (χ0v) is 10.1. The van der Waals surface area contributed by atoms with Crippen LogP contribution in [0.1, 0.15) is 13.8 Å². The molecule has 3 nitrogen and oxygen atoms in total. The quantitative estimate of drug-likeness (QED) is 0.691. The van der Waals surface area contributed by atoms with Gasteiger partial charge in [0.05, 0.1) is 0 Å². The number of ether oxygens (including phenoxy) is 1. The lowest BCUT2D eigenvalue weighted by molar-refractivity contribution is 0.155. The fourth-order valence-corrected chi connectivity index (χ4v) is 1.24. The lowest BCUT2D eigenvalue weighted by Crippen LogP contribution is -2.34. The molecule has 0 aliphatic carbocycles. The van der Waals surface area contributed by atoms with Gasteiger partial charge in [-0.3, -0.25) is 0 Å². The standard InChI is InChI=1S/C13H21NO2/c1-13(2,11-15)10-14-8-9-16-12-6-4-3-5-7-12/h3-7,14-15H,8-11H2,1-2H3. The number of hydrogen-bond donors (Lipinski definition) is 2. The summed E-state index contributed by atoms with van der Waals surface area (Å²) in [4.78, 5) is 0. The molecular formula is C13H21NO2. The summed E-state index contributed by atoms with van der Waals surface area (Å²) in [5.74, 6) is 0.894. The first-order valence-electron chi connectivity index (χ1n) is 5.63. The topological polar surface area (TPSA) is 41.5 Å². The van der Waals surface area contributed by atoms with E-state index in [2.05, 4.69) is 5.32 Å². The lowest BCUT2D eigenvalue weighted by Gasteiger charge is -2.21. The summed E-state index contributed by atoms with van der Waals surface area (Å²) < 4.78 is 5.53. The minimum atomic E-state index is -0.0628. The van der Waals surface area contributed by atoms with E-state index in [-0.39, 0.29) is 12.0 Å². The summed E-state index contributed by atoms with van der Waals surface area (Å²) in [6, 6.07) is 9.76. The molecule has 2 N–H and O–H groups in total. The summed E-state index contributed by atoms with van der Waals surface area (Å²) >= 11 is 0. The molecule has 0 atom stereocenters. The molecule has 0 aliphatic heterocycles. The monoisotopic (exact) mass is 223 g/mol. The molecule has 0 saturated carbocycles. The molecular weight excluding hydrogens is 202 g/mol. The Hall–Kier alpha value is -1.06. The Morgan fingerprint density at radius 1 is 1.25 bits per heavy atom. The predicted octanol–water partition coefficient (Wildman–Crippen LogP) is 1.67. The highest BCUT2D eigenvalue weighted by Gasteiger charge is 2.14. The minimum absolute atomic E-state index is 0.0628. The van der Waals surface area contributed by atoms with Crippen LogP contribution in [0.2, 0.25) is 0 Å². The van der Waals surface area contributed by atoms with Crippen molar-refractivity contribution >= 4 is 0 Å². The number of benzene rings is 1. The van der Waals surface area contributed by atoms with Gasteiger partial charge in [-0.2, -0.15) is 0 Å². The second-order valence-corrected chi connectivity index (χ2v) is 4.66. The van der Waals surface area contributed by atoms with Crippen molar-refractivity contribution in [3.8, 4) is 5.75 Å². The fourth-order valence-electron chi connectivity index (χ4n) is 1.24. The van der Waals surface area contributed by atoms with Crippen LogP contribution >= 0.6 is 0 Å². The van der Waals surface area contributed by atoms with E-state index >= 15 is 0 Å². The van der Waals surface area contributed by atoms with Crippen LogP contribution in [0.4, 0.5) is 0 Å². The highest BCUT2D eigenvalue weighted by Crippen LogP contribution is 2.11. The molecule has 1 aromatic carbocycles. The Bertz CT molecular complexity index is 285. The predicted molar refractivity (Wildman–Crippen MR) is 65.7 cm³/mol. The maximum atomic E-state index is 9.06. The van der Waals surface area contributed by atoms with Crippen molar-refractivity contribution in [2.24, 2.45) is 5.41 Å². The van der Waals surface area contributed by atoms with Crippen LogP contribution in [0.15, 0.2) is 30.3 Å². The Morgan fingerprint density at radius 3 is 2.56 bits per heavy atom. The van der Waals surface area contributed by atoms with Crippen molar-refractivity contribution in [1.82, 2.24) is 5.32 Å².